The molecule has 4 heteroatoms. The molecule has 2 unspecified atom stereocenters. The molecule has 0 aliphatic carbocycles. The number of aromatic nitrogens is 2. The van der Waals surface area contributed by atoms with E-state index < -0.39 is 0 Å². The van der Waals surface area contributed by atoms with Crippen LogP contribution in [-0.4, -0.2) is 41.0 Å². The molecule has 4 heterocycles. The van der Waals surface area contributed by atoms with Crippen LogP contribution in [0.2, 0.25) is 0 Å². The molecule has 2 bridgehead atoms. The summed E-state index contributed by atoms with van der Waals surface area (Å²) in [6.45, 7) is 2.16. The number of imidazole rings is 1. The monoisotopic (exact) mass is 178 g/mol. The molecule has 0 aromatic carbocycles. The Hall–Kier alpha value is -0.870. The summed E-state index contributed by atoms with van der Waals surface area (Å²) in [5, 5.41) is 3.45. The molecule has 3 aliphatic rings. The van der Waals surface area contributed by atoms with Crippen LogP contribution in [0, 0.1) is 0 Å². The number of nitrogens with zero attached hydrogens (tertiary/aromatic N) is 2. The van der Waals surface area contributed by atoms with Gasteiger partial charge >= 0.3 is 0 Å². The van der Waals surface area contributed by atoms with Crippen molar-refractivity contribution in [1.29, 1.82) is 0 Å². The van der Waals surface area contributed by atoms with Gasteiger partial charge < -0.3 is 10.3 Å². The topological polar surface area (TPSA) is 44.0 Å². The number of rotatable bonds is 1. The number of hydrogen-bond donors (Lipinski definition) is 2. The van der Waals surface area contributed by atoms with Crippen LogP contribution in [-0.2, 0) is 5.54 Å². The maximum atomic E-state index is 4.36. The molecule has 1 aromatic rings. The van der Waals surface area contributed by atoms with Crippen molar-refractivity contribution in [2.24, 2.45) is 0 Å². The van der Waals surface area contributed by atoms with Gasteiger partial charge in [0.05, 0.1) is 17.6 Å². The Morgan fingerprint density at radius 1 is 1.69 bits per heavy atom. The van der Waals surface area contributed by atoms with E-state index in [4.69, 9.17) is 0 Å². The molecule has 2 N–H and O–H groups in total. The van der Waals surface area contributed by atoms with E-state index in [1.165, 1.54) is 12.1 Å². The number of hydrogen-bond acceptors (Lipinski definition) is 3. The molecule has 1 aromatic heterocycles. The summed E-state index contributed by atoms with van der Waals surface area (Å²) in [6.07, 6.45) is 5.03. The molecule has 4 rings (SSSR count). The third kappa shape index (κ3) is 0.796. The second-order valence-electron chi connectivity index (χ2n) is 4.09. The van der Waals surface area contributed by atoms with E-state index >= 15 is 0 Å². The lowest BCUT2D eigenvalue weighted by atomic mass is 9.73. The molecule has 70 valence electrons. The van der Waals surface area contributed by atoms with Gasteiger partial charge in [0, 0.05) is 25.3 Å². The van der Waals surface area contributed by atoms with Crippen LogP contribution in [0.3, 0.4) is 0 Å². The van der Waals surface area contributed by atoms with Crippen molar-refractivity contribution in [3.8, 4) is 0 Å². The lowest BCUT2D eigenvalue weighted by Crippen LogP contribution is -2.72. The average Bonchev–Trinajstić information content (AvgIpc) is 2.70. The van der Waals surface area contributed by atoms with E-state index in [9.17, 15) is 0 Å². The minimum absolute atomic E-state index is 0.183. The van der Waals surface area contributed by atoms with Gasteiger partial charge in [0.2, 0.25) is 0 Å². The lowest BCUT2D eigenvalue weighted by Gasteiger charge is -2.60. The Labute approximate surface area is 77.3 Å². The fourth-order valence-electron chi connectivity index (χ4n) is 2.65. The van der Waals surface area contributed by atoms with Gasteiger partial charge in [-0.1, -0.05) is 0 Å². The third-order valence-corrected chi connectivity index (χ3v) is 3.57. The maximum Gasteiger partial charge on any atom is 0.0923 e. The second kappa shape index (κ2) is 2.33. The van der Waals surface area contributed by atoms with Crippen molar-refractivity contribution in [3.05, 3.63) is 18.2 Å². The summed E-state index contributed by atoms with van der Waals surface area (Å²) in [5.74, 6) is 0. The molecule has 3 saturated heterocycles. The van der Waals surface area contributed by atoms with Crippen molar-refractivity contribution < 1.29 is 0 Å². The van der Waals surface area contributed by atoms with Crippen molar-refractivity contribution in [1.82, 2.24) is 20.2 Å². The molecular formula is C9H14N4. The van der Waals surface area contributed by atoms with E-state index in [2.05, 4.69) is 27.2 Å². The first-order chi connectivity index (χ1) is 6.33. The molecular weight excluding hydrogens is 164 g/mol. The number of aromatic amines is 1. The van der Waals surface area contributed by atoms with E-state index in [1.807, 2.05) is 6.20 Å². The zero-order chi connectivity index (χ0) is 8.89. The summed E-state index contributed by atoms with van der Waals surface area (Å²) in [6, 6.07) is 0.713. The quantitative estimate of drug-likeness (QED) is 0.632. The van der Waals surface area contributed by atoms with Gasteiger partial charge in [-0.15, -0.1) is 0 Å². The molecule has 3 aliphatic heterocycles. The number of piperidine rings is 1. The third-order valence-electron chi connectivity index (χ3n) is 3.57. The predicted octanol–water partition coefficient (Wildman–Crippen LogP) is -0.0877. The molecule has 13 heavy (non-hydrogen) atoms. The number of fused-ring (bicyclic) bond motifs is 2. The lowest BCUT2D eigenvalue weighted by molar-refractivity contribution is -0.0864. The predicted molar refractivity (Wildman–Crippen MR) is 49.3 cm³/mol. The first-order valence-electron chi connectivity index (χ1n) is 4.76. The Morgan fingerprint density at radius 2 is 2.62 bits per heavy atom. The molecule has 3 fully saturated rings. The Kier molecular flexibility index (Phi) is 1.35. The standard InChI is InChI=1S/C9H14N4/c1-13-7-2-9(13,5-10-3-7)8-4-11-6-12-8/h4,6-7,10H,2-3,5H2,1H3,(H,11,12). The van der Waals surface area contributed by atoms with Crippen LogP contribution < -0.4 is 5.32 Å². The van der Waals surface area contributed by atoms with E-state index in [0.717, 1.165) is 13.1 Å². The van der Waals surface area contributed by atoms with Crippen LogP contribution >= 0.6 is 0 Å². The van der Waals surface area contributed by atoms with Gasteiger partial charge in [0.15, 0.2) is 0 Å². The normalized spacial score (nSPS) is 38.7. The Balaban J connectivity index is 1.98. The number of likely N-dealkylation sites (N-methyl/N-ethyl adjacent to an activating group) is 1. The highest BCUT2D eigenvalue weighted by atomic mass is 15.3. The highest BCUT2D eigenvalue weighted by molar-refractivity contribution is 5.23. The highest BCUT2D eigenvalue weighted by Gasteiger charge is 2.54. The maximum absolute atomic E-state index is 4.36. The molecule has 2 atom stereocenters. The van der Waals surface area contributed by atoms with Gasteiger partial charge in [-0.05, 0) is 13.5 Å². The van der Waals surface area contributed by atoms with Crippen molar-refractivity contribution in [3.63, 3.8) is 0 Å². The fourth-order valence-corrected chi connectivity index (χ4v) is 2.65. The zero-order valence-electron chi connectivity index (χ0n) is 7.75. The largest absolute Gasteiger partial charge is 0.351 e. The first-order valence-corrected chi connectivity index (χ1v) is 4.76. The summed E-state index contributed by atoms with van der Waals surface area (Å²) in [5.41, 5.74) is 1.36. The number of H-pyrrole nitrogens is 1. The van der Waals surface area contributed by atoms with E-state index in [-0.39, 0.29) is 5.54 Å². The Bertz CT molecular complexity index is 303. The van der Waals surface area contributed by atoms with Crippen LogP contribution in [0.15, 0.2) is 12.5 Å². The average molecular weight is 178 g/mol. The van der Waals surface area contributed by atoms with Gasteiger partial charge in [-0.2, -0.15) is 0 Å². The van der Waals surface area contributed by atoms with Gasteiger partial charge in [-0.25, -0.2) is 4.98 Å². The van der Waals surface area contributed by atoms with E-state index in [0.29, 0.717) is 6.04 Å². The molecule has 0 amide bonds. The molecule has 4 nitrogen and oxygen atoms in total. The zero-order valence-corrected chi connectivity index (χ0v) is 7.75. The van der Waals surface area contributed by atoms with Crippen LogP contribution in [0.1, 0.15) is 12.1 Å². The van der Waals surface area contributed by atoms with Crippen LogP contribution in [0.5, 0.6) is 0 Å². The minimum Gasteiger partial charge on any atom is -0.351 e. The highest BCUT2D eigenvalue weighted by Crippen LogP contribution is 2.44. The summed E-state index contributed by atoms with van der Waals surface area (Å²) in [7, 11) is 2.20. The van der Waals surface area contributed by atoms with Gasteiger partial charge in [0.25, 0.3) is 0 Å². The molecule has 0 saturated carbocycles. The summed E-state index contributed by atoms with van der Waals surface area (Å²) >= 11 is 0. The van der Waals surface area contributed by atoms with Crippen molar-refractivity contribution in [2.45, 2.75) is 18.0 Å². The molecule has 0 radical (unpaired) electrons. The van der Waals surface area contributed by atoms with E-state index in [1.54, 1.807) is 6.33 Å². The van der Waals surface area contributed by atoms with Crippen LogP contribution in [0.25, 0.3) is 0 Å². The van der Waals surface area contributed by atoms with Crippen molar-refractivity contribution >= 4 is 0 Å². The second-order valence-corrected chi connectivity index (χ2v) is 4.09. The SMILES string of the molecule is CN1C2CNCC1(c1c[nH]cn1)C2. The number of piperazine rings is 1. The fraction of sp³-hybridized carbons (Fsp3) is 0.667. The number of nitrogens with one attached hydrogen (secondary N) is 2. The summed E-state index contributed by atoms with van der Waals surface area (Å²) in [4.78, 5) is 9.84. The Morgan fingerprint density at radius 3 is 3.23 bits per heavy atom. The first kappa shape index (κ1) is 7.53. The van der Waals surface area contributed by atoms with Crippen LogP contribution in [0.4, 0.5) is 0 Å². The van der Waals surface area contributed by atoms with Gasteiger partial charge in [-0.3, -0.25) is 4.90 Å². The molecule has 0 spiro atoms. The van der Waals surface area contributed by atoms with Gasteiger partial charge in [0.1, 0.15) is 0 Å². The smallest absolute Gasteiger partial charge is 0.0923 e. The summed E-state index contributed by atoms with van der Waals surface area (Å²) < 4.78 is 0. The van der Waals surface area contributed by atoms with Crippen molar-refractivity contribution in [2.75, 3.05) is 20.1 Å². The minimum atomic E-state index is 0.183.